The number of nitrogens with zero attached hydrogens (tertiary/aromatic N) is 1. The Balaban J connectivity index is 3.55. The molecule has 0 aromatic heterocycles. The lowest BCUT2D eigenvalue weighted by atomic mass is 9.88. The first-order valence-electron chi connectivity index (χ1n) is 5.41. The minimum Gasteiger partial charge on any atom is -0.316 e. The van der Waals surface area contributed by atoms with Crippen molar-refractivity contribution in [1.82, 2.24) is 5.32 Å². The number of alkyl halides is 3. The number of nitrogens with one attached hydrogen (secondary N) is 1. The average Bonchev–Trinajstić information content (AvgIpc) is 2.12. The molecule has 0 spiro atoms. The smallest absolute Gasteiger partial charge is 0.316 e. The maximum atomic E-state index is 11.8. The molecule has 0 atom stereocenters. The SMILES string of the molecule is CC(C)(CCC#N)CNCCCC(F)(F)F. The van der Waals surface area contributed by atoms with E-state index in [-0.39, 0.29) is 11.8 Å². The predicted octanol–water partition coefficient (Wildman–Crippen LogP) is 3.25. The third-order valence-electron chi connectivity index (χ3n) is 2.33. The van der Waals surface area contributed by atoms with E-state index in [2.05, 4.69) is 11.4 Å². The van der Waals surface area contributed by atoms with Gasteiger partial charge in [0.05, 0.1) is 6.07 Å². The Morgan fingerprint density at radius 3 is 2.31 bits per heavy atom. The first kappa shape index (κ1) is 15.2. The highest BCUT2D eigenvalue weighted by Crippen LogP contribution is 2.22. The molecule has 0 saturated carbocycles. The Hall–Kier alpha value is -0.760. The monoisotopic (exact) mass is 236 g/mol. The molecule has 1 N–H and O–H groups in total. The maximum absolute atomic E-state index is 11.8. The van der Waals surface area contributed by atoms with Crippen LogP contribution < -0.4 is 5.32 Å². The van der Waals surface area contributed by atoms with E-state index in [1.165, 1.54) is 0 Å². The Bertz CT molecular complexity index is 228. The Labute approximate surface area is 94.8 Å². The van der Waals surface area contributed by atoms with Gasteiger partial charge in [-0.3, -0.25) is 0 Å². The Morgan fingerprint density at radius 2 is 1.81 bits per heavy atom. The fourth-order valence-electron chi connectivity index (χ4n) is 1.32. The fraction of sp³-hybridized carbons (Fsp3) is 0.909. The van der Waals surface area contributed by atoms with Crippen LogP contribution in [-0.2, 0) is 0 Å². The van der Waals surface area contributed by atoms with Gasteiger partial charge in [0.25, 0.3) is 0 Å². The summed E-state index contributed by atoms with van der Waals surface area (Å²) < 4.78 is 35.5. The van der Waals surface area contributed by atoms with Crippen LogP contribution in [0.1, 0.15) is 39.5 Å². The number of hydrogen-bond donors (Lipinski definition) is 1. The summed E-state index contributed by atoms with van der Waals surface area (Å²) in [6, 6.07) is 2.07. The molecule has 0 radical (unpaired) electrons. The van der Waals surface area contributed by atoms with Gasteiger partial charge in [0.2, 0.25) is 0 Å². The lowest BCUT2D eigenvalue weighted by molar-refractivity contribution is -0.135. The van der Waals surface area contributed by atoms with E-state index in [1.54, 1.807) is 0 Å². The highest BCUT2D eigenvalue weighted by molar-refractivity contribution is 4.78. The molecule has 2 nitrogen and oxygen atoms in total. The molecule has 0 aromatic carbocycles. The van der Waals surface area contributed by atoms with E-state index in [9.17, 15) is 13.2 Å². The highest BCUT2D eigenvalue weighted by Gasteiger charge is 2.26. The molecule has 5 heteroatoms. The third kappa shape index (κ3) is 9.78. The summed E-state index contributed by atoms with van der Waals surface area (Å²) in [6.07, 6.45) is -3.44. The van der Waals surface area contributed by atoms with Crippen LogP contribution in [-0.4, -0.2) is 19.3 Å². The van der Waals surface area contributed by atoms with Gasteiger partial charge < -0.3 is 5.32 Å². The summed E-state index contributed by atoms with van der Waals surface area (Å²) >= 11 is 0. The van der Waals surface area contributed by atoms with Gasteiger partial charge in [-0.15, -0.1) is 0 Å². The summed E-state index contributed by atoms with van der Waals surface area (Å²) in [5, 5.41) is 11.4. The van der Waals surface area contributed by atoms with Crippen molar-refractivity contribution in [3.8, 4) is 6.07 Å². The molecule has 94 valence electrons. The summed E-state index contributed by atoms with van der Waals surface area (Å²) in [4.78, 5) is 0. The van der Waals surface area contributed by atoms with Crippen molar-refractivity contribution >= 4 is 0 Å². The van der Waals surface area contributed by atoms with Crippen LogP contribution in [0.3, 0.4) is 0 Å². The molecule has 0 bridgehead atoms. The standard InChI is InChI=1S/C11H19F3N2/c1-10(2,5-3-7-15)9-16-8-4-6-11(12,13)14/h16H,3-6,8-9H2,1-2H3. The third-order valence-corrected chi connectivity index (χ3v) is 2.33. The van der Waals surface area contributed by atoms with Gasteiger partial charge in [-0.2, -0.15) is 18.4 Å². The molecule has 0 heterocycles. The van der Waals surface area contributed by atoms with Gasteiger partial charge >= 0.3 is 6.18 Å². The van der Waals surface area contributed by atoms with E-state index in [0.717, 1.165) is 6.42 Å². The second-order valence-electron chi connectivity index (χ2n) is 4.72. The molecule has 0 unspecified atom stereocenters. The molecule has 0 saturated heterocycles. The van der Waals surface area contributed by atoms with E-state index in [0.29, 0.717) is 19.5 Å². The summed E-state index contributed by atoms with van der Waals surface area (Å²) in [7, 11) is 0. The molecule has 0 rings (SSSR count). The summed E-state index contributed by atoms with van der Waals surface area (Å²) in [5.74, 6) is 0. The van der Waals surface area contributed by atoms with E-state index in [1.807, 2.05) is 13.8 Å². The maximum Gasteiger partial charge on any atom is 0.389 e. The predicted molar refractivity (Wildman–Crippen MR) is 56.8 cm³/mol. The number of halogens is 3. The molecule has 0 aliphatic rings. The highest BCUT2D eigenvalue weighted by atomic mass is 19.4. The van der Waals surface area contributed by atoms with Crippen molar-refractivity contribution in [2.24, 2.45) is 5.41 Å². The van der Waals surface area contributed by atoms with Crippen molar-refractivity contribution < 1.29 is 13.2 Å². The van der Waals surface area contributed by atoms with Crippen molar-refractivity contribution in [1.29, 1.82) is 5.26 Å². The fourth-order valence-corrected chi connectivity index (χ4v) is 1.32. The molecular formula is C11H19F3N2. The van der Waals surface area contributed by atoms with Gasteiger partial charge in [-0.25, -0.2) is 0 Å². The quantitative estimate of drug-likeness (QED) is 0.689. The van der Waals surface area contributed by atoms with Crippen LogP contribution in [0.4, 0.5) is 13.2 Å². The zero-order valence-corrected chi connectivity index (χ0v) is 9.82. The van der Waals surface area contributed by atoms with Gasteiger partial charge in [0, 0.05) is 19.4 Å². The lowest BCUT2D eigenvalue weighted by Gasteiger charge is -2.23. The van der Waals surface area contributed by atoms with Crippen molar-refractivity contribution in [3.63, 3.8) is 0 Å². The molecule has 0 aliphatic carbocycles. The van der Waals surface area contributed by atoms with E-state index >= 15 is 0 Å². The Kier molecular flexibility index (Phi) is 6.42. The van der Waals surface area contributed by atoms with Crippen molar-refractivity contribution in [2.45, 2.75) is 45.7 Å². The normalized spacial score (nSPS) is 12.5. The van der Waals surface area contributed by atoms with Crippen LogP contribution >= 0.6 is 0 Å². The molecule has 0 aliphatic heterocycles. The van der Waals surface area contributed by atoms with Gasteiger partial charge in [0.15, 0.2) is 0 Å². The minimum absolute atomic E-state index is 0.0338. The van der Waals surface area contributed by atoms with Gasteiger partial charge in [0.1, 0.15) is 0 Å². The zero-order chi connectivity index (χ0) is 12.7. The second-order valence-corrected chi connectivity index (χ2v) is 4.72. The van der Waals surface area contributed by atoms with Crippen molar-refractivity contribution in [3.05, 3.63) is 0 Å². The minimum atomic E-state index is -4.06. The molecule has 0 fully saturated rings. The van der Waals surface area contributed by atoms with Crippen LogP contribution in [0, 0.1) is 16.7 Å². The number of hydrogen-bond acceptors (Lipinski definition) is 2. The average molecular weight is 236 g/mol. The van der Waals surface area contributed by atoms with Crippen LogP contribution in [0.25, 0.3) is 0 Å². The topological polar surface area (TPSA) is 35.8 Å². The first-order chi connectivity index (χ1) is 7.27. The number of rotatable bonds is 7. The second kappa shape index (κ2) is 6.74. The van der Waals surface area contributed by atoms with E-state index < -0.39 is 12.6 Å². The van der Waals surface area contributed by atoms with Crippen molar-refractivity contribution in [2.75, 3.05) is 13.1 Å². The number of nitriles is 1. The van der Waals surface area contributed by atoms with Crippen LogP contribution in [0.5, 0.6) is 0 Å². The van der Waals surface area contributed by atoms with Crippen LogP contribution in [0.2, 0.25) is 0 Å². The molecule has 16 heavy (non-hydrogen) atoms. The summed E-state index contributed by atoms with van der Waals surface area (Å²) in [5.41, 5.74) is -0.0338. The Morgan fingerprint density at radius 1 is 1.19 bits per heavy atom. The van der Waals surface area contributed by atoms with E-state index in [4.69, 9.17) is 5.26 Å². The molecular weight excluding hydrogens is 217 g/mol. The summed E-state index contributed by atoms with van der Waals surface area (Å²) in [6.45, 7) is 5.02. The van der Waals surface area contributed by atoms with Crippen LogP contribution in [0.15, 0.2) is 0 Å². The molecule has 0 amide bonds. The lowest BCUT2D eigenvalue weighted by Crippen LogP contribution is -2.30. The van der Waals surface area contributed by atoms with Gasteiger partial charge in [-0.05, 0) is 24.8 Å². The van der Waals surface area contributed by atoms with Gasteiger partial charge in [-0.1, -0.05) is 13.8 Å². The zero-order valence-electron chi connectivity index (χ0n) is 9.82. The molecule has 0 aromatic rings. The largest absolute Gasteiger partial charge is 0.389 e. The first-order valence-corrected chi connectivity index (χ1v) is 5.41.